The van der Waals surface area contributed by atoms with Crippen LogP contribution in [0.25, 0.3) is 0 Å². The SMILES string of the molecule is NC(=S)c1cn[nH]c1N. The molecule has 1 heterocycles. The third-order valence-electron chi connectivity index (χ3n) is 0.934. The molecule has 0 radical (unpaired) electrons. The number of thiocarbonyl (C=S) groups is 1. The van der Waals surface area contributed by atoms with E-state index in [1.165, 1.54) is 6.20 Å². The Hall–Kier alpha value is -1.10. The minimum atomic E-state index is 0.265. The molecule has 0 saturated heterocycles. The summed E-state index contributed by atoms with van der Waals surface area (Å²) in [5.41, 5.74) is 11.2. The van der Waals surface area contributed by atoms with Crippen LogP contribution in [-0.2, 0) is 0 Å². The van der Waals surface area contributed by atoms with Crippen molar-refractivity contribution in [3.05, 3.63) is 11.8 Å². The van der Waals surface area contributed by atoms with Gasteiger partial charge in [0, 0.05) is 0 Å². The lowest BCUT2D eigenvalue weighted by Crippen LogP contribution is -2.10. The molecular weight excluding hydrogens is 136 g/mol. The Balaban J connectivity index is 3.08. The number of nitrogens with zero attached hydrogens (tertiary/aromatic N) is 1. The second-order valence-electron chi connectivity index (χ2n) is 1.56. The molecule has 0 spiro atoms. The van der Waals surface area contributed by atoms with Gasteiger partial charge in [-0.25, -0.2) is 0 Å². The lowest BCUT2D eigenvalue weighted by atomic mass is 10.3. The zero-order valence-corrected chi connectivity index (χ0v) is 5.40. The van der Waals surface area contributed by atoms with Gasteiger partial charge in [-0.3, -0.25) is 5.10 Å². The monoisotopic (exact) mass is 142 g/mol. The minimum Gasteiger partial charge on any atom is -0.389 e. The number of hydrogen-bond acceptors (Lipinski definition) is 3. The van der Waals surface area contributed by atoms with Crippen LogP contribution in [0.2, 0.25) is 0 Å². The van der Waals surface area contributed by atoms with E-state index in [1.54, 1.807) is 0 Å². The van der Waals surface area contributed by atoms with Crippen LogP contribution in [-0.4, -0.2) is 15.2 Å². The van der Waals surface area contributed by atoms with Gasteiger partial charge < -0.3 is 11.5 Å². The quantitative estimate of drug-likeness (QED) is 0.467. The summed E-state index contributed by atoms with van der Waals surface area (Å²) >= 11 is 4.64. The van der Waals surface area contributed by atoms with E-state index in [9.17, 15) is 0 Å². The number of aromatic nitrogens is 2. The van der Waals surface area contributed by atoms with Crippen molar-refractivity contribution in [3.63, 3.8) is 0 Å². The summed E-state index contributed by atoms with van der Waals surface area (Å²) in [6.45, 7) is 0. The second-order valence-corrected chi connectivity index (χ2v) is 2.00. The van der Waals surface area contributed by atoms with Gasteiger partial charge in [-0.1, -0.05) is 12.2 Å². The molecule has 0 fully saturated rings. The van der Waals surface area contributed by atoms with Gasteiger partial charge in [-0.2, -0.15) is 5.10 Å². The molecule has 1 aromatic rings. The fourth-order valence-electron chi connectivity index (χ4n) is 0.492. The van der Waals surface area contributed by atoms with Crippen molar-refractivity contribution in [2.45, 2.75) is 0 Å². The first-order valence-electron chi connectivity index (χ1n) is 2.30. The Morgan fingerprint density at radius 2 is 2.44 bits per heavy atom. The summed E-state index contributed by atoms with van der Waals surface area (Å²) in [6, 6.07) is 0. The van der Waals surface area contributed by atoms with E-state index in [4.69, 9.17) is 11.5 Å². The zero-order chi connectivity index (χ0) is 6.85. The van der Waals surface area contributed by atoms with Gasteiger partial charge in [0.1, 0.15) is 10.8 Å². The number of H-pyrrole nitrogens is 1. The zero-order valence-electron chi connectivity index (χ0n) is 4.59. The van der Waals surface area contributed by atoms with E-state index in [-0.39, 0.29) is 4.99 Å². The summed E-state index contributed by atoms with van der Waals surface area (Å²) in [5.74, 6) is 0.419. The normalized spacial score (nSPS) is 9.33. The highest BCUT2D eigenvalue weighted by Crippen LogP contribution is 2.03. The third kappa shape index (κ3) is 0.996. The van der Waals surface area contributed by atoms with Crippen LogP contribution >= 0.6 is 12.2 Å². The smallest absolute Gasteiger partial charge is 0.129 e. The van der Waals surface area contributed by atoms with Crippen LogP contribution in [0.15, 0.2) is 6.20 Å². The highest BCUT2D eigenvalue weighted by Gasteiger charge is 2.01. The maximum Gasteiger partial charge on any atom is 0.129 e. The maximum absolute atomic E-state index is 5.36. The molecule has 4 nitrogen and oxygen atoms in total. The van der Waals surface area contributed by atoms with Crippen molar-refractivity contribution in [2.75, 3.05) is 5.73 Å². The molecule has 48 valence electrons. The third-order valence-corrected chi connectivity index (χ3v) is 1.15. The topological polar surface area (TPSA) is 80.7 Å². The molecule has 0 atom stereocenters. The number of aromatic amines is 1. The number of rotatable bonds is 1. The van der Waals surface area contributed by atoms with Crippen molar-refractivity contribution in [1.29, 1.82) is 0 Å². The average molecular weight is 142 g/mol. The Kier molecular flexibility index (Phi) is 1.35. The van der Waals surface area contributed by atoms with E-state index < -0.39 is 0 Å². The van der Waals surface area contributed by atoms with Crippen LogP contribution in [0.4, 0.5) is 5.82 Å². The van der Waals surface area contributed by atoms with E-state index in [2.05, 4.69) is 22.4 Å². The number of nitrogens with one attached hydrogen (secondary N) is 1. The molecule has 0 bridgehead atoms. The van der Waals surface area contributed by atoms with Crippen molar-refractivity contribution < 1.29 is 0 Å². The highest BCUT2D eigenvalue weighted by molar-refractivity contribution is 7.80. The fourth-order valence-corrected chi connectivity index (χ4v) is 0.655. The van der Waals surface area contributed by atoms with E-state index in [0.29, 0.717) is 11.4 Å². The molecule has 1 aromatic heterocycles. The molecule has 0 aliphatic heterocycles. The molecule has 0 amide bonds. The van der Waals surface area contributed by atoms with E-state index in [1.807, 2.05) is 0 Å². The van der Waals surface area contributed by atoms with Crippen LogP contribution in [0, 0.1) is 0 Å². The molecule has 5 N–H and O–H groups in total. The number of hydrogen-bond donors (Lipinski definition) is 3. The van der Waals surface area contributed by atoms with Crippen molar-refractivity contribution in [1.82, 2.24) is 10.2 Å². The van der Waals surface area contributed by atoms with Gasteiger partial charge in [0.25, 0.3) is 0 Å². The van der Waals surface area contributed by atoms with Crippen molar-refractivity contribution >= 4 is 23.0 Å². The van der Waals surface area contributed by atoms with Gasteiger partial charge in [0.15, 0.2) is 0 Å². The van der Waals surface area contributed by atoms with Gasteiger partial charge in [-0.15, -0.1) is 0 Å². The van der Waals surface area contributed by atoms with Crippen LogP contribution in [0.3, 0.4) is 0 Å². The predicted molar refractivity (Wildman–Crippen MR) is 38.9 cm³/mol. The number of anilines is 1. The van der Waals surface area contributed by atoms with E-state index >= 15 is 0 Å². The molecule has 0 aliphatic rings. The number of nitrogen functional groups attached to an aromatic ring is 1. The molecule has 0 unspecified atom stereocenters. The minimum absolute atomic E-state index is 0.265. The average Bonchev–Trinajstić information content (AvgIpc) is 2.13. The fraction of sp³-hybridized carbons (Fsp3) is 0. The standard InChI is InChI=1S/C4H6N4S/c5-3-2(4(6)9)1-7-8-3/h1H,(H2,6,9)(H3,5,7,8). The lowest BCUT2D eigenvalue weighted by Gasteiger charge is -1.90. The Morgan fingerprint density at radius 1 is 1.78 bits per heavy atom. The Morgan fingerprint density at radius 3 is 2.67 bits per heavy atom. The van der Waals surface area contributed by atoms with Crippen LogP contribution in [0.1, 0.15) is 5.56 Å². The lowest BCUT2D eigenvalue weighted by molar-refractivity contribution is 1.10. The molecule has 0 saturated carbocycles. The Labute approximate surface area is 57.2 Å². The Bertz CT molecular complexity index is 228. The maximum atomic E-state index is 5.36. The van der Waals surface area contributed by atoms with Gasteiger partial charge >= 0.3 is 0 Å². The van der Waals surface area contributed by atoms with Gasteiger partial charge in [0.05, 0.1) is 11.8 Å². The highest BCUT2D eigenvalue weighted by atomic mass is 32.1. The molecular formula is C4H6N4S. The molecule has 5 heteroatoms. The summed E-state index contributed by atoms with van der Waals surface area (Å²) in [6.07, 6.45) is 1.50. The largest absolute Gasteiger partial charge is 0.389 e. The van der Waals surface area contributed by atoms with Crippen molar-refractivity contribution in [2.24, 2.45) is 5.73 Å². The van der Waals surface area contributed by atoms with Crippen LogP contribution in [0.5, 0.6) is 0 Å². The summed E-state index contributed by atoms with van der Waals surface area (Å²) in [4.78, 5) is 0.265. The molecule has 1 rings (SSSR count). The first-order chi connectivity index (χ1) is 4.22. The molecule has 0 aromatic carbocycles. The van der Waals surface area contributed by atoms with Gasteiger partial charge in [0.2, 0.25) is 0 Å². The van der Waals surface area contributed by atoms with Crippen molar-refractivity contribution in [3.8, 4) is 0 Å². The van der Waals surface area contributed by atoms with Gasteiger partial charge in [-0.05, 0) is 0 Å². The number of nitrogens with two attached hydrogens (primary N) is 2. The second kappa shape index (κ2) is 2.02. The van der Waals surface area contributed by atoms with E-state index in [0.717, 1.165) is 0 Å². The first kappa shape index (κ1) is 6.03. The molecule has 0 aliphatic carbocycles. The molecule has 9 heavy (non-hydrogen) atoms. The predicted octanol–water partition coefficient (Wildman–Crippen LogP) is -0.374. The summed E-state index contributed by atoms with van der Waals surface area (Å²) < 4.78 is 0. The van der Waals surface area contributed by atoms with Crippen LogP contribution < -0.4 is 11.5 Å². The summed E-state index contributed by atoms with van der Waals surface area (Å²) in [7, 11) is 0. The first-order valence-corrected chi connectivity index (χ1v) is 2.71. The summed E-state index contributed by atoms with van der Waals surface area (Å²) in [5, 5.41) is 6.14.